The van der Waals surface area contributed by atoms with E-state index in [1.165, 1.54) is 23.1 Å². The summed E-state index contributed by atoms with van der Waals surface area (Å²) in [6.45, 7) is 7.55. The fourth-order valence-corrected chi connectivity index (χ4v) is 1.86. The maximum Gasteiger partial charge on any atom is 0.125 e. The second-order valence-electron chi connectivity index (χ2n) is 3.95. The minimum atomic E-state index is 0.565. The van der Waals surface area contributed by atoms with Gasteiger partial charge in [-0.3, -0.25) is 0 Å². The predicted molar refractivity (Wildman–Crippen MR) is 64.5 cm³/mol. The molecule has 0 fully saturated rings. The molecule has 1 aromatic carbocycles. The normalized spacial score (nSPS) is 10.4. The molecule has 0 heterocycles. The molecule has 0 saturated carbocycles. The Balaban J connectivity index is 2.88. The molecule has 0 amide bonds. The number of aryl methyl sites for hydroxylation is 3. The summed E-state index contributed by atoms with van der Waals surface area (Å²) >= 11 is 0. The van der Waals surface area contributed by atoms with Crippen LogP contribution in [0.2, 0.25) is 0 Å². The SMILES string of the molecule is CCCc1cc(C)c(OCCN)c(C)c1. The van der Waals surface area contributed by atoms with Gasteiger partial charge < -0.3 is 10.5 Å². The summed E-state index contributed by atoms with van der Waals surface area (Å²) in [6.07, 6.45) is 2.32. The van der Waals surface area contributed by atoms with Gasteiger partial charge >= 0.3 is 0 Å². The van der Waals surface area contributed by atoms with E-state index >= 15 is 0 Å². The molecule has 1 aromatic rings. The van der Waals surface area contributed by atoms with E-state index < -0.39 is 0 Å². The van der Waals surface area contributed by atoms with Crippen LogP contribution in [-0.4, -0.2) is 13.2 Å². The van der Waals surface area contributed by atoms with Crippen LogP contribution in [0.5, 0.6) is 5.75 Å². The summed E-state index contributed by atoms with van der Waals surface area (Å²) in [6, 6.07) is 4.42. The Bertz CT molecular complexity index is 297. The quantitative estimate of drug-likeness (QED) is 0.805. The third-order valence-corrected chi connectivity index (χ3v) is 2.42. The van der Waals surface area contributed by atoms with Crippen molar-refractivity contribution in [2.24, 2.45) is 5.73 Å². The van der Waals surface area contributed by atoms with Gasteiger partial charge in [-0.25, -0.2) is 0 Å². The molecule has 0 aliphatic carbocycles. The highest BCUT2D eigenvalue weighted by molar-refractivity contribution is 5.43. The minimum Gasteiger partial charge on any atom is -0.492 e. The largest absolute Gasteiger partial charge is 0.492 e. The van der Waals surface area contributed by atoms with Gasteiger partial charge in [0.2, 0.25) is 0 Å². The average molecular weight is 207 g/mol. The summed E-state index contributed by atoms with van der Waals surface area (Å²) in [5.74, 6) is 1.00. The summed E-state index contributed by atoms with van der Waals surface area (Å²) < 4.78 is 5.62. The number of benzene rings is 1. The lowest BCUT2D eigenvalue weighted by Crippen LogP contribution is -2.12. The lowest BCUT2D eigenvalue weighted by molar-refractivity contribution is 0.324. The Hall–Kier alpha value is -1.02. The fraction of sp³-hybridized carbons (Fsp3) is 0.538. The Morgan fingerprint density at radius 1 is 1.20 bits per heavy atom. The Morgan fingerprint density at radius 3 is 2.27 bits per heavy atom. The molecule has 0 bridgehead atoms. The molecule has 1 rings (SSSR count). The van der Waals surface area contributed by atoms with Crippen molar-refractivity contribution >= 4 is 0 Å². The summed E-state index contributed by atoms with van der Waals surface area (Å²) in [4.78, 5) is 0. The van der Waals surface area contributed by atoms with Crippen molar-refractivity contribution in [1.29, 1.82) is 0 Å². The van der Waals surface area contributed by atoms with Crippen LogP contribution in [0.15, 0.2) is 12.1 Å². The number of hydrogen-bond acceptors (Lipinski definition) is 2. The molecule has 2 nitrogen and oxygen atoms in total. The van der Waals surface area contributed by atoms with Gasteiger partial charge in [-0.2, -0.15) is 0 Å². The van der Waals surface area contributed by atoms with E-state index in [0.717, 1.165) is 12.2 Å². The number of hydrogen-bond donors (Lipinski definition) is 1. The highest BCUT2D eigenvalue weighted by Crippen LogP contribution is 2.25. The van der Waals surface area contributed by atoms with Gasteiger partial charge in [0, 0.05) is 6.54 Å². The van der Waals surface area contributed by atoms with Crippen LogP contribution in [0.1, 0.15) is 30.0 Å². The molecule has 0 spiro atoms. The van der Waals surface area contributed by atoms with Gasteiger partial charge in [-0.1, -0.05) is 25.5 Å². The maximum absolute atomic E-state index is 5.62. The molecule has 0 unspecified atom stereocenters. The molecular formula is C13H21NO. The predicted octanol–water partition coefficient (Wildman–Crippen LogP) is 2.59. The lowest BCUT2D eigenvalue weighted by Gasteiger charge is -2.13. The van der Waals surface area contributed by atoms with Crippen LogP contribution in [0.3, 0.4) is 0 Å². The number of rotatable bonds is 5. The molecule has 0 atom stereocenters. The first-order chi connectivity index (χ1) is 7.19. The van der Waals surface area contributed by atoms with Crippen LogP contribution in [0.25, 0.3) is 0 Å². The van der Waals surface area contributed by atoms with E-state index in [4.69, 9.17) is 10.5 Å². The van der Waals surface area contributed by atoms with Gasteiger partial charge in [0.25, 0.3) is 0 Å². The van der Waals surface area contributed by atoms with Crippen LogP contribution < -0.4 is 10.5 Å². The Kier molecular flexibility index (Phi) is 4.63. The first-order valence-corrected chi connectivity index (χ1v) is 5.62. The van der Waals surface area contributed by atoms with E-state index in [0.29, 0.717) is 13.2 Å². The molecule has 84 valence electrons. The van der Waals surface area contributed by atoms with Crippen molar-refractivity contribution in [3.05, 3.63) is 28.8 Å². The van der Waals surface area contributed by atoms with Gasteiger partial charge in [-0.05, 0) is 37.0 Å². The summed E-state index contributed by atoms with van der Waals surface area (Å²) in [5.41, 5.74) is 9.25. The second kappa shape index (κ2) is 5.76. The highest BCUT2D eigenvalue weighted by atomic mass is 16.5. The number of ether oxygens (including phenoxy) is 1. The summed E-state index contributed by atoms with van der Waals surface area (Å²) in [5, 5.41) is 0. The van der Waals surface area contributed by atoms with Crippen molar-refractivity contribution in [2.45, 2.75) is 33.6 Å². The standard InChI is InChI=1S/C13H21NO/c1-4-5-12-8-10(2)13(11(3)9-12)15-7-6-14/h8-9H,4-7,14H2,1-3H3. The molecule has 2 heteroatoms. The van der Waals surface area contributed by atoms with Gasteiger partial charge in [0.05, 0.1) is 0 Å². The van der Waals surface area contributed by atoms with Crippen LogP contribution >= 0.6 is 0 Å². The van der Waals surface area contributed by atoms with E-state index in [9.17, 15) is 0 Å². The molecule has 0 aromatic heterocycles. The molecule has 2 N–H and O–H groups in total. The van der Waals surface area contributed by atoms with E-state index in [1.807, 2.05) is 0 Å². The molecule has 0 aliphatic rings. The third kappa shape index (κ3) is 3.24. The topological polar surface area (TPSA) is 35.2 Å². The zero-order chi connectivity index (χ0) is 11.3. The van der Waals surface area contributed by atoms with Crippen molar-refractivity contribution < 1.29 is 4.74 Å². The lowest BCUT2D eigenvalue weighted by atomic mass is 10.0. The monoisotopic (exact) mass is 207 g/mol. The molecule has 0 saturated heterocycles. The minimum absolute atomic E-state index is 0.565. The Morgan fingerprint density at radius 2 is 1.80 bits per heavy atom. The average Bonchev–Trinajstić information content (AvgIpc) is 2.17. The van der Waals surface area contributed by atoms with Crippen LogP contribution in [0, 0.1) is 13.8 Å². The van der Waals surface area contributed by atoms with Crippen molar-refractivity contribution in [3.8, 4) is 5.75 Å². The fourth-order valence-electron chi connectivity index (χ4n) is 1.86. The first-order valence-electron chi connectivity index (χ1n) is 5.62. The van der Waals surface area contributed by atoms with Crippen molar-refractivity contribution in [3.63, 3.8) is 0 Å². The van der Waals surface area contributed by atoms with E-state index in [-0.39, 0.29) is 0 Å². The second-order valence-corrected chi connectivity index (χ2v) is 3.95. The summed E-state index contributed by atoms with van der Waals surface area (Å²) in [7, 11) is 0. The first kappa shape index (κ1) is 12.1. The molecule has 0 aliphatic heterocycles. The van der Waals surface area contributed by atoms with Gasteiger partial charge in [0.1, 0.15) is 12.4 Å². The highest BCUT2D eigenvalue weighted by Gasteiger charge is 2.05. The third-order valence-electron chi connectivity index (χ3n) is 2.42. The van der Waals surface area contributed by atoms with Crippen LogP contribution in [-0.2, 0) is 6.42 Å². The zero-order valence-electron chi connectivity index (χ0n) is 9.97. The smallest absolute Gasteiger partial charge is 0.125 e. The molecule has 15 heavy (non-hydrogen) atoms. The zero-order valence-corrected chi connectivity index (χ0v) is 9.97. The van der Waals surface area contributed by atoms with Gasteiger partial charge in [-0.15, -0.1) is 0 Å². The maximum atomic E-state index is 5.62. The van der Waals surface area contributed by atoms with Gasteiger partial charge in [0.15, 0.2) is 0 Å². The van der Waals surface area contributed by atoms with Crippen LogP contribution in [0.4, 0.5) is 0 Å². The van der Waals surface area contributed by atoms with E-state index in [1.54, 1.807) is 0 Å². The van der Waals surface area contributed by atoms with Crippen molar-refractivity contribution in [1.82, 2.24) is 0 Å². The Labute approximate surface area is 92.4 Å². The van der Waals surface area contributed by atoms with Crippen molar-refractivity contribution in [2.75, 3.05) is 13.2 Å². The van der Waals surface area contributed by atoms with E-state index in [2.05, 4.69) is 32.9 Å². The molecule has 0 radical (unpaired) electrons. The molecular weight excluding hydrogens is 186 g/mol. The number of nitrogens with two attached hydrogens (primary N) is 1.